The van der Waals surface area contributed by atoms with Crippen LogP contribution in [0.3, 0.4) is 0 Å². The standard InChI is InChI=1S/C20H17FN2O3.C19H14FN3O3/c21-16-2-1-3-17-18(16)19(24)15(20(25)26)11-23(17)10-12-4-5-13-6-7-22-9-14(13)8-12;1-22-15-6-5-11(7-12(15)8-21-22)9-23-10-13(19(25)26)18(24)17-14(20)3-2-4-16(17)23/h1-5,8,11,22H,6-7,9-10H2,(H,25,26);2-8,10H,9H2,1H3,(H,25,26). The number of benzene rings is 4. The fourth-order valence-electron chi connectivity index (χ4n) is 6.69. The summed E-state index contributed by atoms with van der Waals surface area (Å²) in [6.07, 6.45) is 5.28. The van der Waals surface area contributed by atoms with Gasteiger partial charge in [-0.15, -0.1) is 0 Å². The van der Waals surface area contributed by atoms with Gasteiger partial charge in [-0.05, 0) is 71.6 Å². The zero-order valence-corrected chi connectivity index (χ0v) is 27.8. The largest absolute Gasteiger partial charge is 0.477 e. The minimum atomic E-state index is -1.38. The molecule has 0 spiro atoms. The molecule has 8 rings (SSSR count). The molecule has 0 unspecified atom stereocenters. The predicted octanol–water partition coefficient (Wildman–Crippen LogP) is 5.31. The number of nitrogens with zero attached hydrogens (tertiary/aromatic N) is 4. The third-order valence-electron chi connectivity index (χ3n) is 9.25. The fraction of sp³-hybridized carbons (Fsp3) is 0.154. The summed E-state index contributed by atoms with van der Waals surface area (Å²) >= 11 is 0. The molecule has 0 saturated heterocycles. The SMILES string of the molecule is Cn1ncc2cc(Cn3cc(C(=O)O)c(=O)c4c(F)cccc43)ccc21.O=C(O)c1cn(Cc2ccc3c(c2)CNCC3)c2cccc(F)c2c1=O. The summed E-state index contributed by atoms with van der Waals surface area (Å²) in [6, 6.07) is 20.5. The molecule has 1 aliphatic heterocycles. The zero-order chi connectivity index (χ0) is 36.7. The Morgan fingerprint density at radius 1 is 0.750 bits per heavy atom. The van der Waals surface area contributed by atoms with Gasteiger partial charge in [-0.1, -0.05) is 36.4 Å². The molecule has 4 heterocycles. The Bertz CT molecular complexity index is 2700. The minimum absolute atomic E-state index is 0.188. The molecule has 7 aromatic rings. The van der Waals surface area contributed by atoms with Crippen LogP contribution in [0.2, 0.25) is 0 Å². The number of hydrogen-bond donors (Lipinski definition) is 3. The van der Waals surface area contributed by atoms with Crippen molar-refractivity contribution in [2.45, 2.75) is 26.1 Å². The summed E-state index contributed by atoms with van der Waals surface area (Å²) in [5.41, 5.74) is 3.58. The summed E-state index contributed by atoms with van der Waals surface area (Å²) in [4.78, 5) is 47.5. The molecule has 0 saturated carbocycles. The number of aromatic carboxylic acids is 2. The number of halogens is 2. The molecule has 3 N–H and O–H groups in total. The topological polar surface area (TPSA) is 148 Å². The van der Waals surface area contributed by atoms with E-state index >= 15 is 0 Å². The molecule has 52 heavy (non-hydrogen) atoms. The first-order valence-corrected chi connectivity index (χ1v) is 16.3. The number of pyridine rings is 2. The van der Waals surface area contributed by atoms with Crippen LogP contribution < -0.4 is 16.2 Å². The van der Waals surface area contributed by atoms with E-state index in [4.69, 9.17) is 0 Å². The van der Waals surface area contributed by atoms with Crippen molar-refractivity contribution in [1.29, 1.82) is 0 Å². The van der Waals surface area contributed by atoms with E-state index in [0.717, 1.165) is 47.6 Å². The smallest absolute Gasteiger partial charge is 0.341 e. The number of fused-ring (bicyclic) bond motifs is 4. The second kappa shape index (κ2) is 13.7. The molecule has 13 heteroatoms. The maximum atomic E-state index is 14.2. The first-order chi connectivity index (χ1) is 25.0. The minimum Gasteiger partial charge on any atom is -0.477 e. The molecule has 4 aromatic carbocycles. The molecule has 0 bridgehead atoms. The van der Waals surface area contributed by atoms with E-state index in [0.29, 0.717) is 24.1 Å². The van der Waals surface area contributed by atoms with Crippen LogP contribution in [0.15, 0.2) is 101 Å². The van der Waals surface area contributed by atoms with E-state index in [2.05, 4.69) is 22.5 Å². The van der Waals surface area contributed by atoms with Crippen LogP contribution in [0.4, 0.5) is 8.78 Å². The van der Waals surface area contributed by atoms with Gasteiger partial charge < -0.3 is 24.7 Å². The molecule has 11 nitrogen and oxygen atoms in total. The number of hydrogen-bond acceptors (Lipinski definition) is 6. The first kappa shape index (κ1) is 34.0. The van der Waals surface area contributed by atoms with Gasteiger partial charge in [0.25, 0.3) is 0 Å². The lowest BCUT2D eigenvalue weighted by atomic mass is 9.98. The lowest BCUT2D eigenvalue weighted by Gasteiger charge is -2.19. The van der Waals surface area contributed by atoms with Gasteiger partial charge in [0.15, 0.2) is 0 Å². The van der Waals surface area contributed by atoms with Crippen molar-refractivity contribution in [3.8, 4) is 0 Å². The summed E-state index contributed by atoms with van der Waals surface area (Å²) in [7, 11) is 1.85. The van der Waals surface area contributed by atoms with Crippen molar-refractivity contribution in [3.05, 3.63) is 157 Å². The van der Waals surface area contributed by atoms with Crippen LogP contribution in [0.25, 0.3) is 32.7 Å². The quantitative estimate of drug-likeness (QED) is 0.211. The molecular formula is C39H31F2N5O6. The van der Waals surface area contributed by atoms with Crippen LogP contribution >= 0.6 is 0 Å². The third-order valence-corrected chi connectivity index (χ3v) is 9.25. The Labute approximate surface area is 293 Å². The van der Waals surface area contributed by atoms with E-state index in [1.54, 1.807) is 32.1 Å². The normalized spacial score (nSPS) is 12.4. The number of rotatable bonds is 6. The van der Waals surface area contributed by atoms with Crippen LogP contribution in [0.5, 0.6) is 0 Å². The monoisotopic (exact) mass is 703 g/mol. The molecule has 262 valence electrons. The molecular weight excluding hydrogens is 672 g/mol. The van der Waals surface area contributed by atoms with Gasteiger partial charge >= 0.3 is 11.9 Å². The van der Waals surface area contributed by atoms with Gasteiger partial charge in [0.1, 0.15) is 22.8 Å². The van der Waals surface area contributed by atoms with E-state index in [1.807, 2.05) is 31.3 Å². The molecule has 3 aromatic heterocycles. The number of carbonyl (C=O) groups is 2. The molecule has 1 aliphatic rings. The second-order valence-electron chi connectivity index (χ2n) is 12.6. The van der Waals surface area contributed by atoms with Gasteiger partial charge in [0.2, 0.25) is 10.9 Å². The third kappa shape index (κ3) is 6.33. The molecule has 0 fully saturated rings. The van der Waals surface area contributed by atoms with Gasteiger partial charge in [-0.25, -0.2) is 18.4 Å². The van der Waals surface area contributed by atoms with Gasteiger partial charge in [0.05, 0.1) is 33.5 Å². The highest BCUT2D eigenvalue weighted by atomic mass is 19.1. The van der Waals surface area contributed by atoms with Crippen LogP contribution in [0, 0.1) is 11.6 Å². The number of carboxylic acid groups (broad SMARTS) is 2. The van der Waals surface area contributed by atoms with E-state index < -0.39 is 45.6 Å². The van der Waals surface area contributed by atoms with Crippen molar-refractivity contribution in [2.24, 2.45) is 7.05 Å². The lowest BCUT2D eigenvalue weighted by Crippen LogP contribution is -2.24. The molecule has 0 atom stereocenters. The van der Waals surface area contributed by atoms with Crippen molar-refractivity contribution >= 4 is 44.6 Å². The fourth-order valence-corrected chi connectivity index (χ4v) is 6.69. The maximum absolute atomic E-state index is 14.2. The Hall–Kier alpha value is -6.47. The van der Waals surface area contributed by atoms with Gasteiger partial charge in [-0.3, -0.25) is 14.3 Å². The number of aryl methyl sites for hydroxylation is 1. The summed E-state index contributed by atoms with van der Waals surface area (Å²) in [5, 5.41) is 26.7. The highest BCUT2D eigenvalue weighted by Gasteiger charge is 2.19. The molecule has 0 aliphatic carbocycles. The summed E-state index contributed by atoms with van der Waals surface area (Å²) in [5.74, 6) is -4.17. The highest BCUT2D eigenvalue weighted by molar-refractivity contribution is 5.93. The average molecular weight is 704 g/mol. The Balaban J connectivity index is 0.000000162. The van der Waals surface area contributed by atoms with Crippen molar-refractivity contribution in [1.82, 2.24) is 24.2 Å². The zero-order valence-electron chi connectivity index (χ0n) is 27.8. The Kier molecular flexibility index (Phi) is 8.95. The predicted molar refractivity (Wildman–Crippen MR) is 191 cm³/mol. The number of aromatic nitrogens is 4. The highest BCUT2D eigenvalue weighted by Crippen LogP contribution is 2.22. The number of nitrogens with one attached hydrogen (secondary N) is 1. The van der Waals surface area contributed by atoms with Crippen molar-refractivity contribution in [2.75, 3.05) is 6.54 Å². The summed E-state index contributed by atoms with van der Waals surface area (Å²) in [6.45, 7) is 2.40. The van der Waals surface area contributed by atoms with E-state index in [9.17, 15) is 38.2 Å². The average Bonchev–Trinajstić information content (AvgIpc) is 3.50. The molecule has 0 radical (unpaired) electrons. The van der Waals surface area contributed by atoms with Gasteiger partial charge in [-0.2, -0.15) is 5.10 Å². The first-order valence-electron chi connectivity index (χ1n) is 16.3. The Morgan fingerprint density at radius 3 is 1.88 bits per heavy atom. The number of carboxylic acids is 2. The van der Waals surface area contributed by atoms with E-state index in [1.165, 1.54) is 41.7 Å². The Morgan fingerprint density at radius 2 is 1.31 bits per heavy atom. The maximum Gasteiger partial charge on any atom is 0.341 e. The van der Waals surface area contributed by atoms with Crippen molar-refractivity contribution in [3.63, 3.8) is 0 Å². The van der Waals surface area contributed by atoms with Crippen LogP contribution in [0.1, 0.15) is 43.0 Å². The van der Waals surface area contributed by atoms with Crippen molar-refractivity contribution < 1.29 is 28.6 Å². The second-order valence-corrected chi connectivity index (χ2v) is 12.6. The van der Waals surface area contributed by atoms with Crippen LogP contribution in [-0.4, -0.2) is 47.6 Å². The van der Waals surface area contributed by atoms with Gasteiger partial charge in [0, 0.05) is 44.5 Å². The van der Waals surface area contributed by atoms with Crippen LogP contribution in [-0.2, 0) is 33.1 Å². The molecule has 0 amide bonds. The lowest BCUT2D eigenvalue weighted by molar-refractivity contribution is 0.0684. The summed E-state index contributed by atoms with van der Waals surface area (Å²) < 4.78 is 33.4. The van der Waals surface area contributed by atoms with E-state index in [-0.39, 0.29) is 10.8 Å².